The second kappa shape index (κ2) is 7.47. The van der Waals surface area contributed by atoms with Gasteiger partial charge in [0, 0.05) is 14.1 Å². The summed E-state index contributed by atoms with van der Waals surface area (Å²) in [7, 11) is 3.49. The molecule has 0 radical (unpaired) electrons. The maximum Gasteiger partial charge on any atom is 0.265 e. The van der Waals surface area contributed by atoms with Crippen molar-refractivity contribution in [2.24, 2.45) is 0 Å². The second-order valence-corrected chi connectivity index (χ2v) is 6.41. The topological polar surface area (TPSA) is 42.0 Å². The summed E-state index contributed by atoms with van der Waals surface area (Å²) >= 11 is 0. The van der Waals surface area contributed by atoms with Crippen LogP contribution < -0.4 is 14.4 Å². The van der Waals surface area contributed by atoms with Gasteiger partial charge in [-0.15, -0.1) is 0 Å². The van der Waals surface area contributed by atoms with Gasteiger partial charge in [0.05, 0.1) is 18.8 Å². The number of anilines is 1. The fraction of sp³-hybridized carbons (Fsp3) is 0.350. The minimum Gasteiger partial charge on any atom is -0.492 e. The molecule has 0 unspecified atom stereocenters. The Morgan fingerprint density at radius 2 is 1.92 bits per heavy atom. The van der Waals surface area contributed by atoms with Crippen LogP contribution in [0.5, 0.6) is 11.5 Å². The summed E-state index contributed by atoms with van der Waals surface area (Å²) in [5, 5.41) is 0. The van der Waals surface area contributed by atoms with Crippen LogP contribution in [0.1, 0.15) is 5.56 Å². The molecule has 0 N–H and O–H groups in total. The minimum absolute atomic E-state index is 0.0287. The molecule has 0 spiro atoms. The molecule has 0 fully saturated rings. The SMILES string of the molecule is Cc1ccc(OCCN2C[C@@H](C(=O)N(C)C)Oc3ccccc32)cc1. The molecule has 1 aliphatic rings. The predicted molar refractivity (Wildman–Crippen MR) is 98.4 cm³/mol. The van der Waals surface area contributed by atoms with Gasteiger partial charge < -0.3 is 19.3 Å². The van der Waals surface area contributed by atoms with Crippen molar-refractivity contribution in [2.75, 3.05) is 38.7 Å². The van der Waals surface area contributed by atoms with Gasteiger partial charge >= 0.3 is 0 Å². The third-order valence-corrected chi connectivity index (χ3v) is 4.23. The molecule has 0 bridgehead atoms. The van der Waals surface area contributed by atoms with Crippen LogP contribution >= 0.6 is 0 Å². The van der Waals surface area contributed by atoms with Crippen LogP contribution in [0.15, 0.2) is 48.5 Å². The number of carbonyl (C=O) groups excluding carboxylic acids is 1. The number of aryl methyl sites for hydroxylation is 1. The Labute approximate surface area is 148 Å². The van der Waals surface area contributed by atoms with E-state index in [-0.39, 0.29) is 5.91 Å². The molecule has 0 aromatic heterocycles. The standard InChI is InChI=1S/C20H24N2O3/c1-15-8-10-16(11-9-15)24-13-12-22-14-19(20(23)21(2)3)25-18-7-5-4-6-17(18)22/h4-11,19H,12-14H2,1-3H3/t19-/m0/s1. The van der Waals surface area contributed by atoms with Crippen LogP contribution in [0.2, 0.25) is 0 Å². The zero-order chi connectivity index (χ0) is 17.8. The fourth-order valence-electron chi connectivity index (χ4n) is 2.84. The van der Waals surface area contributed by atoms with Gasteiger partial charge in [-0.3, -0.25) is 4.79 Å². The number of nitrogens with zero attached hydrogens (tertiary/aromatic N) is 2. The number of hydrogen-bond donors (Lipinski definition) is 0. The molecule has 5 heteroatoms. The van der Waals surface area contributed by atoms with Crippen molar-refractivity contribution in [2.45, 2.75) is 13.0 Å². The highest BCUT2D eigenvalue weighted by Gasteiger charge is 2.31. The highest BCUT2D eigenvalue weighted by molar-refractivity contribution is 5.83. The number of hydrogen-bond acceptors (Lipinski definition) is 4. The predicted octanol–water partition coefficient (Wildman–Crippen LogP) is 2.73. The van der Waals surface area contributed by atoms with E-state index in [0.717, 1.165) is 17.2 Å². The Morgan fingerprint density at radius 1 is 1.20 bits per heavy atom. The van der Waals surface area contributed by atoms with E-state index in [1.54, 1.807) is 19.0 Å². The maximum absolute atomic E-state index is 12.3. The quantitative estimate of drug-likeness (QED) is 0.839. The maximum atomic E-state index is 12.3. The molecule has 132 valence electrons. The minimum atomic E-state index is -0.496. The molecule has 1 amide bonds. The monoisotopic (exact) mass is 340 g/mol. The van der Waals surface area contributed by atoms with Gasteiger partial charge in [-0.25, -0.2) is 0 Å². The van der Waals surface area contributed by atoms with E-state index < -0.39 is 6.10 Å². The lowest BCUT2D eigenvalue weighted by Gasteiger charge is -2.36. The summed E-state index contributed by atoms with van der Waals surface area (Å²) in [5.74, 6) is 1.57. The van der Waals surface area contributed by atoms with Crippen LogP contribution in [-0.4, -0.2) is 50.7 Å². The Hall–Kier alpha value is -2.69. The number of para-hydroxylation sites is 2. The number of amides is 1. The normalized spacial score (nSPS) is 16.0. The van der Waals surface area contributed by atoms with E-state index in [0.29, 0.717) is 19.7 Å². The van der Waals surface area contributed by atoms with Crippen molar-refractivity contribution in [3.63, 3.8) is 0 Å². The lowest BCUT2D eigenvalue weighted by Crippen LogP contribution is -2.49. The summed E-state index contributed by atoms with van der Waals surface area (Å²) in [6.45, 7) is 3.80. The van der Waals surface area contributed by atoms with Crippen LogP contribution in [0.3, 0.4) is 0 Å². The summed E-state index contributed by atoms with van der Waals surface area (Å²) in [5.41, 5.74) is 2.21. The molecular weight excluding hydrogens is 316 g/mol. The van der Waals surface area contributed by atoms with Crippen molar-refractivity contribution in [3.05, 3.63) is 54.1 Å². The highest BCUT2D eigenvalue weighted by atomic mass is 16.5. The van der Waals surface area contributed by atoms with Gasteiger partial charge in [0.1, 0.15) is 18.1 Å². The number of rotatable bonds is 5. The van der Waals surface area contributed by atoms with Crippen LogP contribution in [0.25, 0.3) is 0 Å². The van der Waals surface area contributed by atoms with Gasteiger partial charge in [0.15, 0.2) is 6.10 Å². The molecule has 3 rings (SSSR count). The Bertz CT molecular complexity index is 728. The molecule has 2 aromatic carbocycles. The lowest BCUT2D eigenvalue weighted by atomic mass is 10.1. The van der Waals surface area contributed by atoms with Gasteiger partial charge in [-0.05, 0) is 31.2 Å². The van der Waals surface area contributed by atoms with E-state index in [9.17, 15) is 4.79 Å². The Balaban J connectivity index is 1.68. The van der Waals surface area contributed by atoms with E-state index in [1.165, 1.54) is 5.56 Å². The van der Waals surface area contributed by atoms with Gasteiger partial charge in [0.2, 0.25) is 0 Å². The van der Waals surface area contributed by atoms with E-state index >= 15 is 0 Å². The first-order chi connectivity index (χ1) is 12.0. The Kier molecular flexibility index (Phi) is 5.12. The Morgan fingerprint density at radius 3 is 2.64 bits per heavy atom. The van der Waals surface area contributed by atoms with Gasteiger partial charge in [-0.2, -0.15) is 0 Å². The molecule has 0 aliphatic carbocycles. The average molecular weight is 340 g/mol. The number of fused-ring (bicyclic) bond motifs is 1. The second-order valence-electron chi connectivity index (χ2n) is 6.41. The zero-order valence-electron chi connectivity index (χ0n) is 14.9. The third-order valence-electron chi connectivity index (χ3n) is 4.23. The van der Waals surface area contributed by atoms with Crippen LogP contribution in [0, 0.1) is 6.92 Å². The van der Waals surface area contributed by atoms with Gasteiger partial charge in [-0.1, -0.05) is 29.8 Å². The number of benzene rings is 2. The zero-order valence-corrected chi connectivity index (χ0v) is 14.9. The molecule has 1 atom stereocenters. The molecule has 2 aromatic rings. The highest BCUT2D eigenvalue weighted by Crippen LogP contribution is 2.33. The lowest BCUT2D eigenvalue weighted by molar-refractivity contribution is -0.136. The summed E-state index contributed by atoms with van der Waals surface area (Å²) in [4.78, 5) is 16.0. The first-order valence-corrected chi connectivity index (χ1v) is 8.46. The fourth-order valence-corrected chi connectivity index (χ4v) is 2.84. The molecular formula is C20H24N2O3. The molecule has 1 aliphatic heterocycles. The summed E-state index contributed by atoms with van der Waals surface area (Å²) < 4.78 is 11.7. The van der Waals surface area contributed by atoms with Crippen molar-refractivity contribution in [1.29, 1.82) is 0 Å². The molecule has 1 heterocycles. The van der Waals surface area contributed by atoms with Crippen LogP contribution in [-0.2, 0) is 4.79 Å². The summed E-state index contributed by atoms with van der Waals surface area (Å²) in [6.07, 6.45) is -0.496. The smallest absolute Gasteiger partial charge is 0.265 e. The number of ether oxygens (including phenoxy) is 2. The van der Waals surface area contributed by atoms with Crippen molar-refractivity contribution in [3.8, 4) is 11.5 Å². The van der Waals surface area contributed by atoms with Crippen LogP contribution in [0.4, 0.5) is 5.69 Å². The third kappa shape index (κ3) is 4.05. The largest absolute Gasteiger partial charge is 0.492 e. The van der Waals surface area contributed by atoms with E-state index in [2.05, 4.69) is 11.8 Å². The summed E-state index contributed by atoms with van der Waals surface area (Å²) in [6, 6.07) is 15.8. The molecule has 5 nitrogen and oxygen atoms in total. The van der Waals surface area contributed by atoms with E-state index in [1.807, 2.05) is 48.5 Å². The first kappa shape index (κ1) is 17.1. The van der Waals surface area contributed by atoms with Crippen molar-refractivity contribution in [1.82, 2.24) is 4.90 Å². The number of carbonyl (C=O) groups is 1. The average Bonchev–Trinajstić information content (AvgIpc) is 2.62. The molecule has 0 saturated carbocycles. The van der Waals surface area contributed by atoms with Crippen molar-refractivity contribution >= 4 is 11.6 Å². The van der Waals surface area contributed by atoms with E-state index in [4.69, 9.17) is 9.47 Å². The first-order valence-electron chi connectivity index (χ1n) is 8.46. The van der Waals surface area contributed by atoms with Gasteiger partial charge in [0.25, 0.3) is 5.91 Å². The molecule has 25 heavy (non-hydrogen) atoms. The van der Waals surface area contributed by atoms with Crippen molar-refractivity contribution < 1.29 is 14.3 Å². The molecule has 0 saturated heterocycles. The number of likely N-dealkylation sites (N-methyl/N-ethyl adjacent to an activating group) is 1.